The highest BCUT2D eigenvalue weighted by molar-refractivity contribution is 5.73. The zero-order valence-electron chi connectivity index (χ0n) is 11.9. The maximum atomic E-state index is 10.3. The number of nitrogens with one attached hydrogen (secondary N) is 1. The standard InChI is InChI=1S/C7H15NO2.C5H11NO2/c1-5(6(9)10)8-7(2,3)4;1-2-3-4(6)5(7)8/h5,8H,1-4H3,(H,9,10);4H,2-3,6H2,1H3,(H,7,8)/t5-;4-/m00/s1. The number of rotatable bonds is 5. The number of hydrogen-bond donors (Lipinski definition) is 4. The summed E-state index contributed by atoms with van der Waals surface area (Å²) in [5.74, 6) is -1.72. The summed E-state index contributed by atoms with van der Waals surface area (Å²) >= 11 is 0. The SMILES string of the molecule is CCC[C@H](N)C(=O)O.C[C@H](NC(C)(C)C)C(=O)O. The molecule has 0 bridgehead atoms. The van der Waals surface area contributed by atoms with E-state index in [0.717, 1.165) is 6.42 Å². The van der Waals surface area contributed by atoms with Gasteiger partial charge in [-0.05, 0) is 34.1 Å². The highest BCUT2D eigenvalue weighted by Crippen LogP contribution is 2.00. The summed E-state index contributed by atoms with van der Waals surface area (Å²) in [6.45, 7) is 9.35. The van der Waals surface area contributed by atoms with Gasteiger partial charge in [-0.3, -0.25) is 14.9 Å². The minimum Gasteiger partial charge on any atom is -0.480 e. The summed E-state index contributed by atoms with van der Waals surface area (Å²) in [5.41, 5.74) is 5.00. The highest BCUT2D eigenvalue weighted by atomic mass is 16.4. The molecule has 0 unspecified atom stereocenters. The number of nitrogens with two attached hydrogens (primary N) is 1. The summed E-state index contributed by atoms with van der Waals surface area (Å²) in [6, 6.07) is -1.14. The number of carbonyl (C=O) groups is 2. The number of hydrogen-bond acceptors (Lipinski definition) is 4. The van der Waals surface area contributed by atoms with Gasteiger partial charge in [0.05, 0.1) is 0 Å². The predicted octanol–water partition coefficient (Wildman–Crippen LogP) is 1.05. The fourth-order valence-corrected chi connectivity index (χ4v) is 1.15. The van der Waals surface area contributed by atoms with Gasteiger partial charge < -0.3 is 15.9 Å². The molecule has 0 saturated carbocycles. The van der Waals surface area contributed by atoms with Crippen LogP contribution in [0.4, 0.5) is 0 Å². The van der Waals surface area contributed by atoms with E-state index >= 15 is 0 Å². The fourth-order valence-electron chi connectivity index (χ4n) is 1.15. The zero-order valence-corrected chi connectivity index (χ0v) is 11.9. The first-order valence-electron chi connectivity index (χ1n) is 6.00. The molecular weight excluding hydrogens is 236 g/mol. The van der Waals surface area contributed by atoms with Crippen LogP contribution in [0.3, 0.4) is 0 Å². The van der Waals surface area contributed by atoms with Crippen LogP contribution in [0.1, 0.15) is 47.5 Å². The van der Waals surface area contributed by atoms with Crippen LogP contribution in [0, 0.1) is 0 Å². The Labute approximate surface area is 109 Å². The number of carboxylic acids is 2. The molecule has 0 aliphatic heterocycles. The Hall–Kier alpha value is -1.14. The molecule has 0 aromatic heterocycles. The van der Waals surface area contributed by atoms with Crippen LogP contribution in [0.15, 0.2) is 0 Å². The molecule has 2 atom stereocenters. The van der Waals surface area contributed by atoms with Crippen molar-refractivity contribution in [2.24, 2.45) is 5.73 Å². The van der Waals surface area contributed by atoms with E-state index in [1.165, 1.54) is 0 Å². The molecule has 18 heavy (non-hydrogen) atoms. The van der Waals surface area contributed by atoms with Crippen LogP contribution >= 0.6 is 0 Å². The predicted molar refractivity (Wildman–Crippen MR) is 70.5 cm³/mol. The van der Waals surface area contributed by atoms with Crippen molar-refractivity contribution >= 4 is 11.9 Å². The average Bonchev–Trinajstić information content (AvgIpc) is 2.16. The Morgan fingerprint density at radius 3 is 1.78 bits per heavy atom. The van der Waals surface area contributed by atoms with Crippen LogP contribution in [0.2, 0.25) is 0 Å². The second kappa shape index (κ2) is 8.88. The van der Waals surface area contributed by atoms with E-state index in [1.54, 1.807) is 6.92 Å². The Kier molecular flexibility index (Phi) is 9.47. The van der Waals surface area contributed by atoms with Crippen LogP contribution in [0.25, 0.3) is 0 Å². The van der Waals surface area contributed by atoms with Crippen molar-refractivity contribution in [1.82, 2.24) is 5.32 Å². The number of aliphatic carboxylic acids is 2. The Morgan fingerprint density at radius 2 is 1.67 bits per heavy atom. The topological polar surface area (TPSA) is 113 Å². The van der Waals surface area contributed by atoms with Crippen LogP contribution in [0.5, 0.6) is 0 Å². The summed E-state index contributed by atoms with van der Waals surface area (Å²) < 4.78 is 0. The van der Waals surface area contributed by atoms with Crippen LogP contribution < -0.4 is 11.1 Å². The largest absolute Gasteiger partial charge is 0.480 e. The lowest BCUT2D eigenvalue weighted by Crippen LogP contribution is -2.45. The maximum absolute atomic E-state index is 10.3. The lowest BCUT2D eigenvalue weighted by atomic mass is 10.1. The molecule has 6 nitrogen and oxygen atoms in total. The summed E-state index contributed by atoms with van der Waals surface area (Å²) in [6.07, 6.45) is 1.39. The van der Waals surface area contributed by atoms with Gasteiger partial charge in [0, 0.05) is 5.54 Å². The minimum atomic E-state index is -0.910. The molecule has 0 fully saturated rings. The van der Waals surface area contributed by atoms with E-state index in [-0.39, 0.29) is 5.54 Å². The van der Waals surface area contributed by atoms with Crippen molar-refractivity contribution in [1.29, 1.82) is 0 Å². The summed E-state index contributed by atoms with van der Waals surface area (Å²) in [5, 5.41) is 19.6. The van der Waals surface area contributed by atoms with Gasteiger partial charge in [-0.25, -0.2) is 0 Å². The van der Waals surface area contributed by atoms with Gasteiger partial charge in [0.15, 0.2) is 0 Å². The molecule has 5 N–H and O–H groups in total. The Balaban J connectivity index is 0. The smallest absolute Gasteiger partial charge is 0.320 e. The first-order chi connectivity index (χ1) is 8.01. The van der Waals surface area contributed by atoms with Gasteiger partial charge in [-0.1, -0.05) is 13.3 Å². The second-order valence-corrected chi connectivity index (χ2v) is 5.19. The highest BCUT2D eigenvalue weighted by Gasteiger charge is 2.17. The molecular formula is C12H26N2O4. The first-order valence-corrected chi connectivity index (χ1v) is 6.00. The van der Waals surface area contributed by atoms with Crippen molar-refractivity contribution in [2.75, 3.05) is 0 Å². The second-order valence-electron chi connectivity index (χ2n) is 5.19. The lowest BCUT2D eigenvalue weighted by Gasteiger charge is -2.23. The first kappa shape index (κ1) is 19.2. The molecule has 0 aromatic carbocycles. The molecule has 0 aromatic rings. The van der Waals surface area contributed by atoms with Gasteiger partial charge in [-0.15, -0.1) is 0 Å². The van der Waals surface area contributed by atoms with Gasteiger partial charge in [0.1, 0.15) is 12.1 Å². The molecule has 0 radical (unpaired) electrons. The van der Waals surface area contributed by atoms with Crippen molar-refractivity contribution in [3.63, 3.8) is 0 Å². The molecule has 0 aliphatic rings. The fraction of sp³-hybridized carbons (Fsp3) is 0.833. The lowest BCUT2D eigenvalue weighted by molar-refractivity contribution is -0.140. The Morgan fingerprint density at radius 1 is 1.22 bits per heavy atom. The Bertz CT molecular complexity index is 261. The van der Waals surface area contributed by atoms with Gasteiger partial charge in [0.25, 0.3) is 0 Å². The average molecular weight is 262 g/mol. The molecule has 0 rings (SSSR count). The summed E-state index contributed by atoms with van der Waals surface area (Å²) in [7, 11) is 0. The molecule has 6 heteroatoms. The van der Waals surface area contributed by atoms with Gasteiger partial charge >= 0.3 is 11.9 Å². The third kappa shape index (κ3) is 12.9. The van der Waals surface area contributed by atoms with Crippen molar-refractivity contribution in [2.45, 2.75) is 65.1 Å². The third-order valence-electron chi connectivity index (χ3n) is 1.94. The zero-order chi connectivity index (χ0) is 14.9. The number of carboxylic acid groups (broad SMARTS) is 2. The minimum absolute atomic E-state index is 0.127. The van der Waals surface area contributed by atoms with E-state index in [2.05, 4.69) is 5.32 Å². The van der Waals surface area contributed by atoms with Gasteiger partial charge in [0.2, 0.25) is 0 Å². The van der Waals surface area contributed by atoms with Crippen molar-refractivity contribution in [3.05, 3.63) is 0 Å². The molecule has 0 amide bonds. The van der Waals surface area contributed by atoms with E-state index in [1.807, 2.05) is 27.7 Å². The molecule has 0 spiro atoms. The van der Waals surface area contributed by atoms with Crippen molar-refractivity contribution in [3.8, 4) is 0 Å². The molecule has 0 saturated heterocycles. The maximum Gasteiger partial charge on any atom is 0.320 e. The molecule has 0 heterocycles. The molecule has 108 valence electrons. The monoisotopic (exact) mass is 262 g/mol. The van der Waals surface area contributed by atoms with Crippen LogP contribution in [-0.2, 0) is 9.59 Å². The van der Waals surface area contributed by atoms with E-state index in [9.17, 15) is 9.59 Å². The third-order valence-corrected chi connectivity index (χ3v) is 1.94. The van der Waals surface area contributed by atoms with Crippen LogP contribution in [-0.4, -0.2) is 39.8 Å². The van der Waals surface area contributed by atoms with Crippen molar-refractivity contribution < 1.29 is 19.8 Å². The van der Waals surface area contributed by atoms with E-state index in [0.29, 0.717) is 6.42 Å². The normalized spacial score (nSPS) is 14.1. The quantitative estimate of drug-likeness (QED) is 0.589. The van der Waals surface area contributed by atoms with E-state index in [4.69, 9.17) is 15.9 Å². The van der Waals surface area contributed by atoms with Gasteiger partial charge in [-0.2, -0.15) is 0 Å². The summed E-state index contributed by atoms with van der Waals surface area (Å²) in [4.78, 5) is 20.3. The van der Waals surface area contributed by atoms with E-state index < -0.39 is 24.0 Å². The molecule has 0 aliphatic carbocycles.